The van der Waals surface area contributed by atoms with E-state index in [4.69, 9.17) is 4.98 Å². The van der Waals surface area contributed by atoms with Crippen LogP contribution in [0.1, 0.15) is 51.4 Å². The van der Waals surface area contributed by atoms with Gasteiger partial charge in [0.2, 0.25) is 5.91 Å². The lowest BCUT2D eigenvalue weighted by Gasteiger charge is -2.22. The molecule has 7 heteroatoms. The number of amides is 1. The van der Waals surface area contributed by atoms with E-state index < -0.39 is 0 Å². The van der Waals surface area contributed by atoms with E-state index in [-0.39, 0.29) is 36.8 Å². The summed E-state index contributed by atoms with van der Waals surface area (Å²) in [4.78, 5) is 17.0. The Labute approximate surface area is 168 Å². The number of hydrogen-bond acceptors (Lipinski definition) is 3. The van der Waals surface area contributed by atoms with Gasteiger partial charge in [-0.3, -0.25) is 4.79 Å². The van der Waals surface area contributed by atoms with Gasteiger partial charge in [0, 0.05) is 13.0 Å². The predicted octanol–water partition coefficient (Wildman–Crippen LogP) is 3.86. The van der Waals surface area contributed by atoms with Crippen molar-refractivity contribution in [2.75, 3.05) is 13.1 Å². The molecule has 0 spiro atoms. The van der Waals surface area contributed by atoms with E-state index in [9.17, 15) is 4.79 Å². The number of para-hydroxylation sites is 2. The Morgan fingerprint density at radius 3 is 2.69 bits per heavy atom. The number of imidazole rings is 1. The normalized spacial score (nSPS) is 15.8. The number of rotatable bonds is 6. The zero-order valence-corrected chi connectivity index (χ0v) is 17.2. The molecule has 1 aromatic carbocycles. The van der Waals surface area contributed by atoms with E-state index in [1.807, 2.05) is 25.1 Å². The summed E-state index contributed by atoms with van der Waals surface area (Å²) in [5.74, 6) is 1.76. The Bertz CT molecular complexity index is 698. The standard InChI is InChI=1S/C19H28N4O.2ClH/c1-3-23-17-7-5-4-6-16(17)22-19(23)14(2)21-18(24)9-8-15-10-12-20-13-11-15;;/h4-7,14-15,20H,3,8-13H2,1-2H3,(H,21,24);2*1H. The number of piperidine rings is 1. The molecule has 0 aliphatic carbocycles. The minimum atomic E-state index is -0.0714. The molecule has 2 aromatic rings. The summed E-state index contributed by atoms with van der Waals surface area (Å²) in [6, 6.07) is 8.07. The first-order valence-corrected chi connectivity index (χ1v) is 9.14. The van der Waals surface area contributed by atoms with Crippen LogP contribution in [0, 0.1) is 5.92 Å². The number of carbonyl (C=O) groups is 1. The van der Waals surface area contributed by atoms with Crippen molar-refractivity contribution in [2.45, 2.75) is 52.1 Å². The second kappa shape index (κ2) is 10.8. The maximum atomic E-state index is 12.3. The molecule has 3 rings (SSSR count). The van der Waals surface area contributed by atoms with Crippen LogP contribution in [0.4, 0.5) is 0 Å². The van der Waals surface area contributed by atoms with Crippen LogP contribution < -0.4 is 10.6 Å². The highest BCUT2D eigenvalue weighted by molar-refractivity contribution is 5.85. The zero-order valence-electron chi connectivity index (χ0n) is 15.5. The highest BCUT2D eigenvalue weighted by Crippen LogP contribution is 2.21. The van der Waals surface area contributed by atoms with Gasteiger partial charge < -0.3 is 15.2 Å². The minimum absolute atomic E-state index is 0. The van der Waals surface area contributed by atoms with Crippen LogP contribution in [0.15, 0.2) is 24.3 Å². The second-order valence-electron chi connectivity index (χ2n) is 6.72. The van der Waals surface area contributed by atoms with Crippen LogP contribution in [-0.2, 0) is 11.3 Å². The molecule has 1 saturated heterocycles. The summed E-state index contributed by atoms with van der Waals surface area (Å²) in [6.07, 6.45) is 3.98. The molecule has 1 aliphatic heterocycles. The number of carbonyl (C=O) groups excluding carboxylic acids is 1. The van der Waals surface area contributed by atoms with E-state index in [1.165, 1.54) is 12.8 Å². The lowest BCUT2D eigenvalue weighted by Crippen LogP contribution is -2.31. The molecule has 1 fully saturated rings. The third-order valence-corrected chi connectivity index (χ3v) is 5.00. The Kier molecular flexibility index (Phi) is 9.41. The number of nitrogens with zero attached hydrogens (tertiary/aromatic N) is 2. The Morgan fingerprint density at radius 2 is 2.00 bits per heavy atom. The molecule has 5 nitrogen and oxygen atoms in total. The quantitative estimate of drug-likeness (QED) is 0.773. The Morgan fingerprint density at radius 1 is 1.31 bits per heavy atom. The van der Waals surface area contributed by atoms with Crippen molar-refractivity contribution in [2.24, 2.45) is 5.92 Å². The number of aryl methyl sites for hydroxylation is 1. The first-order valence-electron chi connectivity index (χ1n) is 9.14. The van der Waals surface area contributed by atoms with Crippen molar-refractivity contribution < 1.29 is 4.79 Å². The fourth-order valence-electron chi connectivity index (χ4n) is 3.64. The van der Waals surface area contributed by atoms with Crippen LogP contribution in [0.3, 0.4) is 0 Å². The van der Waals surface area contributed by atoms with Gasteiger partial charge in [-0.15, -0.1) is 24.8 Å². The molecular formula is C19H30Cl2N4O. The lowest BCUT2D eigenvalue weighted by molar-refractivity contribution is -0.122. The molecule has 1 unspecified atom stereocenters. The van der Waals surface area contributed by atoms with Crippen LogP contribution in [-0.4, -0.2) is 28.5 Å². The van der Waals surface area contributed by atoms with Crippen molar-refractivity contribution in [3.8, 4) is 0 Å². The zero-order chi connectivity index (χ0) is 16.9. The number of aromatic nitrogens is 2. The van der Waals surface area contributed by atoms with E-state index in [1.54, 1.807) is 0 Å². The largest absolute Gasteiger partial charge is 0.346 e. The SMILES string of the molecule is CCn1c(C(C)NC(=O)CCC2CCNCC2)nc2ccccc21.Cl.Cl. The van der Waals surface area contributed by atoms with E-state index in [0.29, 0.717) is 12.3 Å². The highest BCUT2D eigenvalue weighted by atomic mass is 35.5. The van der Waals surface area contributed by atoms with Gasteiger partial charge in [0.15, 0.2) is 0 Å². The number of hydrogen-bond donors (Lipinski definition) is 2. The van der Waals surface area contributed by atoms with Crippen molar-refractivity contribution >= 4 is 41.8 Å². The third kappa shape index (κ3) is 5.35. The fraction of sp³-hybridized carbons (Fsp3) is 0.579. The maximum absolute atomic E-state index is 12.3. The summed E-state index contributed by atoms with van der Waals surface area (Å²) < 4.78 is 2.19. The van der Waals surface area contributed by atoms with Crippen LogP contribution >= 0.6 is 24.8 Å². The van der Waals surface area contributed by atoms with E-state index >= 15 is 0 Å². The fourth-order valence-corrected chi connectivity index (χ4v) is 3.64. The van der Waals surface area contributed by atoms with Crippen LogP contribution in [0.5, 0.6) is 0 Å². The summed E-state index contributed by atoms with van der Waals surface area (Å²) in [5.41, 5.74) is 2.12. The van der Waals surface area contributed by atoms with Gasteiger partial charge in [0.1, 0.15) is 5.82 Å². The lowest BCUT2D eigenvalue weighted by atomic mass is 9.93. The smallest absolute Gasteiger partial charge is 0.220 e. The molecule has 0 radical (unpaired) electrons. The number of halogens is 2. The van der Waals surface area contributed by atoms with Crippen molar-refractivity contribution in [1.82, 2.24) is 20.2 Å². The van der Waals surface area contributed by atoms with Gasteiger partial charge in [0.25, 0.3) is 0 Å². The second-order valence-corrected chi connectivity index (χ2v) is 6.72. The van der Waals surface area contributed by atoms with E-state index in [0.717, 1.165) is 42.9 Å². The Hall–Kier alpha value is -1.30. The number of benzene rings is 1. The molecule has 0 saturated carbocycles. The van der Waals surface area contributed by atoms with E-state index in [2.05, 4.69) is 28.2 Å². The first kappa shape index (κ1) is 22.7. The van der Waals surface area contributed by atoms with Gasteiger partial charge in [-0.1, -0.05) is 12.1 Å². The van der Waals surface area contributed by atoms with Gasteiger partial charge in [-0.2, -0.15) is 0 Å². The molecule has 1 aliphatic rings. The average Bonchev–Trinajstić information content (AvgIpc) is 2.99. The topological polar surface area (TPSA) is 59.0 Å². The molecule has 2 heterocycles. The molecule has 1 aromatic heterocycles. The highest BCUT2D eigenvalue weighted by Gasteiger charge is 2.19. The first-order chi connectivity index (χ1) is 11.7. The minimum Gasteiger partial charge on any atom is -0.346 e. The average molecular weight is 401 g/mol. The van der Waals surface area contributed by atoms with Crippen molar-refractivity contribution in [3.63, 3.8) is 0 Å². The Balaban J connectivity index is 0.00000169. The van der Waals surface area contributed by atoms with Crippen molar-refractivity contribution in [1.29, 1.82) is 0 Å². The van der Waals surface area contributed by atoms with Gasteiger partial charge in [0.05, 0.1) is 17.1 Å². The predicted molar refractivity (Wildman–Crippen MR) is 111 cm³/mol. The summed E-state index contributed by atoms with van der Waals surface area (Å²) in [6.45, 7) is 7.16. The van der Waals surface area contributed by atoms with Gasteiger partial charge >= 0.3 is 0 Å². The number of nitrogens with one attached hydrogen (secondary N) is 2. The summed E-state index contributed by atoms with van der Waals surface area (Å²) in [5, 5.41) is 6.50. The van der Waals surface area contributed by atoms with Crippen LogP contribution in [0.2, 0.25) is 0 Å². The molecular weight excluding hydrogens is 371 g/mol. The number of fused-ring (bicyclic) bond motifs is 1. The monoisotopic (exact) mass is 400 g/mol. The maximum Gasteiger partial charge on any atom is 0.220 e. The molecule has 0 bridgehead atoms. The summed E-state index contributed by atoms with van der Waals surface area (Å²) >= 11 is 0. The summed E-state index contributed by atoms with van der Waals surface area (Å²) in [7, 11) is 0. The molecule has 1 amide bonds. The third-order valence-electron chi connectivity index (χ3n) is 5.00. The van der Waals surface area contributed by atoms with Crippen molar-refractivity contribution in [3.05, 3.63) is 30.1 Å². The molecule has 26 heavy (non-hydrogen) atoms. The molecule has 146 valence electrons. The molecule has 2 N–H and O–H groups in total. The van der Waals surface area contributed by atoms with Gasteiger partial charge in [-0.05, 0) is 64.3 Å². The van der Waals surface area contributed by atoms with Gasteiger partial charge in [-0.25, -0.2) is 4.98 Å². The molecule has 1 atom stereocenters. The van der Waals surface area contributed by atoms with Crippen LogP contribution in [0.25, 0.3) is 11.0 Å².